The maximum Gasteiger partial charge on any atom is 0.416 e. The monoisotopic (exact) mass is 487 g/mol. The van der Waals surface area contributed by atoms with E-state index in [0.29, 0.717) is 30.6 Å². The normalized spacial score (nSPS) is 20.7. The maximum atomic E-state index is 12.8. The Morgan fingerprint density at radius 2 is 1.74 bits per heavy atom. The highest BCUT2D eigenvalue weighted by Crippen LogP contribution is 2.35. The number of carboxylic acid groups (broad SMARTS) is 1. The minimum atomic E-state index is -4.43. The van der Waals surface area contributed by atoms with Gasteiger partial charge in [-0.05, 0) is 80.2 Å². The van der Waals surface area contributed by atoms with Crippen molar-refractivity contribution in [2.24, 2.45) is 5.92 Å². The molecule has 0 unspecified atom stereocenters. The number of pyridine rings is 1. The minimum absolute atomic E-state index is 0.324. The summed E-state index contributed by atoms with van der Waals surface area (Å²) in [4.78, 5) is 21.0. The van der Waals surface area contributed by atoms with Crippen molar-refractivity contribution in [1.82, 2.24) is 14.8 Å². The lowest BCUT2D eigenvalue weighted by atomic mass is 9.89. The number of hydrogen-bond donors (Lipinski definition) is 1. The highest BCUT2D eigenvalue weighted by atomic mass is 19.4. The number of benzene rings is 1. The average molecular weight is 488 g/mol. The second-order valence-electron chi connectivity index (χ2n) is 10.3. The van der Waals surface area contributed by atoms with Crippen LogP contribution < -0.4 is 0 Å². The van der Waals surface area contributed by atoms with Gasteiger partial charge in [0.15, 0.2) is 0 Å². The zero-order valence-corrected chi connectivity index (χ0v) is 19.8. The molecule has 2 saturated heterocycles. The molecule has 0 radical (unpaired) electrons. The van der Waals surface area contributed by atoms with Crippen LogP contribution in [0.2, 0.25) is 0 Å². The van der Waals surface area contributed by atoms with Crippen LogP contribution in [0.5, 0.6) is 0 Å². The molecule has 0 bridgehead atoms. The summed E-state index contributed by atoms with van der Waals surface area (Å²) in [6.07, 6.45) is 3.70. The molecule has 2 aliphatic heterocycles. The number of fused-ring (bicyclic) bond motifs is 1. The van der Waals surface area contributed by atoms with Crippen LogP contribution >= 0.6 is 0 Å². The van der Waals surface area contributed by atoms with Gasteiger partial charge in [-0.15, -0.1) is 0 Å². The van der Waals surface area contributed by atoms with Crippen LogP contribution in [0.1, 0.15) is 59.8 Å². The summed E-state index contributed by atoms with van der Waals surface area (Å²) in [7, 11) is 0. The largest absolute Gasteiger partial charge is 0.480 e. The van der Waals surface area contributed by atoms with Gasteiger partial charge in [-0.1, -0.05) is 18.2 Å². The Labute approximate surface area is 204 Å². The molecule has 8 heteroatoms. The van der Waals surface area contributed by atoms with Gasteiger partial charge in [-0.25, -0.2) is 0 Å². The standard InChI is InChI=1S/C27H32F3N3O2/c28-27(29,30)21-11-8-20(9-12-21)25(26(34)35)33-16-23(17-33)32-14-18(15-32)4-3-6-22-13-10-19-5-1-2-7-24(19)31-22/h8-13,18,23,25H,1-7,14-17H2,(H,34,35)/t25-/m0/s1. The first-order chi connectivity index (χ1) is 16.8. The molecular formula is C27H32F3N3O2. The molecule has 0 saturated carbocycles. The molecule has 1 N–H and O–H groups in total. The number of halogens is 3. The Hall–Kier alpha value is -2.45. The highest BCUT2D eigenvalue weighted by molar-refractivity contribution is 5.75. The third-order valence-electron chi connectivity index (χ3n) is 7.83. The van der Waals surface area contributed by atoms with E-state index in [1.807, 2.05) is 4.90 Å². The Balaban J connectivity index is 1.05. The molecule has 1 aromatic carbocycles. The molecule has 3 aliphatic rings. The van der Waals surface area contributed by atoms with E-state index in [1.54, 1.807) is 0 Å². The minimum Gasteiger partial charge on any atom is -0.480 e. The predicted octanol–water partition coefficient (Wildman–Crippen LogP) is 4.74. The number of aliphatic carboxylic acids is 1. The molecule has 1 aromatic heterocycles. The predicted molar refractivity (Wildman–Crippen MR) is 126 cm³/mol. The van der Waals surface area contributed by atoms with Crippen LogP contribution in [0, 0.1) is 5.92 Å². The van der Waals surface area contributed by atoms with Gasteiger partial charge >= 0.3 is 12.1 Å². The third kappa shape index (κ3) is 5.38. The third-order valence-corrected chi connectivity index (χ3v) is 7.83. The Bertz CT molecular complexity index is 1040. The Morgan fingerprint density at radius 1 is 1.03 bits per heavy atom. The highest BCUT2D eigenvalue weighted by Gasteiger charge is 2.43. The molecular weight excluding hydrogens is 455 g/mol. The molecule has 3 heterocycles. The van der Waals surface area contributed by atoms with Crippen molar-refractivity contribution in [1.29, 1.82) is 0 Å². The molecule has 5 nitrogen and oxygen atoms in total. The smallest absolute Gasteiger partial charge is 0.416 e. The van der Waals surface area contributed by atoms with Gasteiger partial charge in [0.2, 0.25) is 0 Å². The number of rotatable bonds is 8. The van der Waals surface area contributed by atoms with Gasteiger partial charge in [-0.2, -0.15) is 13.2 Å². The first-order valence-electron chi connectivity index (χ1n) is 12.6. The fourth-order valence-corrected chi connectivity index (χ4v) is 5.72. The van der Waals surface area contributed by atoms with Gasteiger partial charge in [0.05, 0.1) is 5.56 Å². The van der Waals surface area contributed by atoms with Crippen molar-refractivity contribution in [2.75, 3.05) is 26.2 Å². The van der Waals surface area contributed by atoms with Crippen LogP contribution in [0.3, 0.4) is 0 Å². The second kappa shape index (κ2) is 9.90. The van der Waals surface area contributed by atoms with Gasteiger partial charge in [-0.3, -0.25) is 19.6 Å². The van der Waals surface area contributed by atoms with Crippen molar-refractivity contribution in [3.8, 4) is 0 Å². The summed E-state index contributed by atoms with van der Waals surface area (Å²) in [5.41, 5.74) is 3.56. The van der Waals surface area contributed by atoms with Crippen molar-refractivity contribution < 1.29 is 23.1 Å². The number of nitrogens with zero attached hydrogens (tertiary/aromatic N) is 3. The summed E-state index contributed by atoms with van der Waals surface area (Å²) < 4.78 is 38.5. The van der Waals surface area contributed by atoms with E-state index in [4.69, 9.17) is 4.98 Å². The first-order valence-corrected chi connectivity index (χ1v) is 12.6. The van der Waals surface area contributed by atoms with Gasteiger partial charge in [0.1, 0.15) is 6.04 Å². The number of alkyl halides is 3. The van der Waals surface area contributed by atoms with E-state index in [1.165, 1.54) is 48.3 Å². The fourth-order valence-electron chi connectivity index (χ4n) is 5.72. The molecule has 35 heavy (non-hydrogen) atoms. The molecule has 0 spiro atoms. The van der Waals surface area contributed by atoms with E-state index < -0.39 is 23.8 Å². The van der Waals surface area contributed by atoms with E-state index in [0.717, 1.165) is 50.9 Å². The van der Waals surface area contributed by atoms with Crippen LogP contribution in [-0.2, 0) is 30.2 Å². The Morgan fingerprint density at radius 3 is 2.43 bits per heavy atom. The number of aromatic nitrogens is 1. The molecule has 0 amide bonds. The molecule has 2 aromatic rings. The lowest BCUT2D eigenvalue weighted by Crippen LogP contribution is -2.66. The molecule has 2 fully saturated rings. The molecule has 1 aliphatic carbocycles. The van der Waals surface area contributed by atoms with Crippen LogP contribution in [0.25, 0.3) is 0 Å². The molecule has 188 valence electrons. The molecule has 5 rings (SSSR count). The average Bonchev–Trinajstić information content (AvgIpc) is 2.77. The summed E-state index contributed by atoms with van der Waals surface area (Å²) in [6.45, 7) is 3.33. The summed E-state index contributed by atoms with van der Waals surface area (Å²) >= 11 is 0. The first kappa shape index (κ1) is 24.3. The quantitative estimate of drug-likeness (QED) is 0.583. The van der Waals surface area contributed by atoms with E-state index in [-0.39, 0.29) is 0 Å². The number of likely N-dealkylation sites (tertiary alicyclic amines) is 2. The number of carboxylic acids is 1. The topological polar surface area (TPSA) is 56.7 Å². The van der Waals surface area contributed by atoms with Crippen molar-refractivity contribution in [3.63, 3.8) is 0 Å². The van der Waals surface area contributed by atoms with E-state index in [9.17, 15) is 23.1 Å². The van der Waals surface area contributed by atoms with Crippen molar-refractivity contribution in [2.45, 2.75) is 63.2 Å². The van der Waals surface area contributed by atoms with Crippen LogP contribution in [0.4, 0.5) is 13.2 Å². The summed E-state index contributed by atoms with van der Waals surface area (Å²) in [5.74, 6) is -0.354. The van der Waals surface area contributed by atoms with E-state index >= 15 is 0 Å². The number of hydrogen-bond acceptors (Lipinski definition) is 4. The zero-order chi connectivity index (χ0) is 24.6. The van der Waals surface area contributed by atoms with Gasteiger partial charge in [0, 0.05) is 43.6 Å². The molecule has 1 atom stereocenters. The van der Waals surface area contributed by atoms with Gasteiger partial charge in [0.25, 0.3) is 0 Å². The lowest BCUT2D eigenvalue weighted by Gasteiger charge is -2.53. The SMILES string of the molecule is O=C(O)[C@H](c1ccc(C(F)(F)F)cc1)N1CC(N2CC(CCCc3ccc4c(n3)CCCC4)C2)C1. The fraction of sp³-hybridized carbons (Fsp3) is 0.556. The number of carbonyl (C=O) groups is 1. The van der Waals surface area contributed by atoms with E-state index in [2.05, 4.69) is 17.0 Å². The Kier molecular flexibility index (Phi) is 6.86. The van der Waals surface area contributed by atoms with Crippen LogP contribution in [-0.4, -0.2) is 58.1 Å². The zero-order valence-electron chi connectivity index (χ0n) is 19.8. The van der Waals surface area contributed by atoms with Gasteiger partial charge < -0.3 is 5.11 Å². The second-order valence-corrected chi connectivity index (χ2v) is 10.3. The van der Waals surface area contributed by atoms with Crippen molar-refractivity contribution >= 4 is 5.97 Å². The number of aryl methyl sites for hydroxylation is 3. The van der Waals surface area contributed by atoms with Crippen molar-refractivity contribution in [3.05, 3.63) is 64.5 Å². The summed E-state index contributed by atoms with van der Waals surface area (Å²) in [6, 6.07) is 8.36. The maximum absolute atomic E-state index is 12.8. The van der Waals surface area contributed by atoms with Crippen LogP contribution in [0.15, 0.2) is 36.4 Å². The summed E-state index contributed by atoms with van der Waals surface area (Å²) in [5, 5.41) is 9.70. The lowest BCUT2D eigenvalue weighted by molar-refractivity contribution is -0.148.